The second-order valence-electron chi connectivity index (χ2n) is 4.59. The van der Waals surface area contributed by atoms with Gasteiger partial charge in [-0.15, -0.1) is 0 Å². The number of allylic oxidation sites excluding steroid dienone is 1. The minimum absolute atomic E-state index is 0.695. The monoisotopic (exact) mass is 265 g/mol. The Hall–Kier alpha value is -1.42. The first kappa shape index (κ1) is 15.6. The molecular weight excluding hydrogens is 238 g/mol. The van der Waals surface area contributed by atoms with Crippen LogP contribution in [0.1, 0.15) is 33.1 Å². The summed E-state index contributed by atoms with van der Waals surface area (Å²) < 4.78 is 5.69. The van der Waals surface area contributed by atoms with Gasteiger partial charge in [0.25, 0.3) is 0 Å². The molecule has 0 spiro atoms. The summed E-state index contributed by atoms with van der Waals surface area (Å²) in [6.07, 6.45) is 8.92. The lowest BCUT2D eigenvalue weighted by molar-refractivity contribution is 0.218. The molecule has 19 heavy (non-hydrogen) atoms. The first-order chi connectivity index (χ1) is 9.31. The zero-order valence-corrected chi connectivity index (χ0v) is 12.2. The molecule has 0 atom stereocenters. The summed E-state index contributed by atoms with van der Waals surface area (Å²) in [5.74, 6) is 0.761. The van der Waals surface area contributed by atoms with E-state index in [1.807, 2.05) is 0 Å². The summed E-state index contributed by atoms with van der Waals surface area (Å²) in [6.45, 7) is 7.83. The third-order valence-electron chi connectivity index (χ3n) is 3.00. The number of hydrogen-bond donors (Lipinski definition) is 3. The highest BCUT2D eigenvalue weighted by atomic mass is 16.5. The number of nitrogens with one attached hydrogen (secondary N) is 2. The molecule has 0 aromatic heterocycles. The standard InChI is InChI=1S/C15H27N3O/c1-3-6-13-11-18-12-14(13)9-15(10-16)19-8-5-7-17-4-2/h9-11,17-18H,3-8,12,16H2,1-2H3/b14-9+,15-10+. The van der Waals surface area contributed by atoms with Gasteiger partial charge in [0.1, 0.15) is 5.76 Å². The first-order valence-corrected chi connectivity index (χ1v) is 7.20. The molecule has 4 heteroatoms. The zero-order valence-electron chi connectivity index (χ0n) is 12.2. The average molecular weight is 265 g/mol. The van der Waals surface area contributed by atoms with Crippen LogP contribution in [0.5, 0.6) is 0 Å². The summed E-state index contributed by atoms with van der Waals surface area (Å²) >= 11 is 0. The molecular formula is C15H27N3O. The molecule has 0 fully saturated rings. The van der Waals surface area contributed by atoms with Crippen LogP contribution in [-0.4, -0.2) is 26.2 Å². The minimum atomic E-state index is 0.695. The smallest absolute Gasteiger partial charge is 0.135 e. The van der Waals surface area contributed by atoms with Crippen LogP contribution in [0, 0.1) is 0 Å². The second-order valence-corrected chi connectivity index (χ2v) is 4.59. The Bertz CT molecular complexity index is 345. The van der Waals surface area contributed by atoms with E-state index in [9.17, 15) is 0 Å². The summed E-state index contributed by atoms with van der Waals surface area (Å²) in [7, 11) is 0. The Kier molecular flexibility index (Phi) is 7.82. The van der Waals surface area contributed by atoms with Crippen molar-refractivity contribution >= 4 is 0 Å². The molecule has 0 saturated carbocycles. The third kappa shape index (κ3) is 5.83. The van der Waals surface area contributed by atoms with Crippen LogP contribution in [0.3, 0.4) is 0 Å². The largest absolute Gasteiger partial charge is 0.492 e. The molecule has 0 aromatic rings. The van der Waals surface area contributed by atoms with Crippen molar-refractivity contribution in [2.24, 2.45) is 5.73 Å². The summed E-state index contributed by atoms with van der Waals surface area (Å²) in [4.78, 5) is 0. The maximum absolute atomic E-state index is 5.69. The molecule has 108 valence electrons. The lowest BCUT2D eigenvalue weighted by Gasteiger charge is -2.09. The molecule has 0 bridgehead atoms. The Labute approximate surface area is 116 Å². The van der Waals surface area contributed by atoms with E-state index in [1.54, 1.807) is 6.20 Å². The van der Waals surface area contributed by atoms with Crippen LogP contribution in [0.15, 0.2) is 35.4 Å². The van der Waals surface area contributed by atoms with E-state index in [2.05, 4.69) is 36.8 Å². The van der Waals surface area contributed by atoms with Crippen LogP contribution in [0.4, 0.5) is 0 Å². The van der Waals surface area contributed by atoms with E-state index in [4.69, 9.17) is 10.5 Å². The molecule has 1 aliphatic heterocycles. The molecule has 1 rings (SSSR count). The Morgan fingerprint density at radius 3 is 3.05 bits per heavy atom. The summed E-state index contributed by atoms with van der Waals surface area (Å²) in [5.41, 5.74) is 8.27. The van der Waals surface area contributed by atoms with Gasteiger partial charge >= 0.3 is 0 Å². The average Bonchev–Trinajstić information content (AvgIpc) is 2.85. The van der Waals surface area contributed by atoms with Gasteiger partial charge < -0.3 is 21.1 Å². The number of ether oxygens (including phenoxy) is 1. The van der Waals surface area contributed by atoms with Crippen LogP contribution < -0.4 is 16.4 Å². The fourth-order valence-electron chi connectivity index (χ4n) is 2.01. The van der Waals surface area contributed by atoms with E-state index in [0.717, 1.165) is 44.7 Å². The molecule has 0 aromatic carbocycles. The molecule has 4 nitrogen and oxygen atoms in total. The number of rotatable bonds is 9. The molecule has 4 N–H and O–H groups in total. The molecule has 1 aliphatic rings. The number of nitrogens with two attached hydrogens (primary N) is 1. The highest BCUT2D eigenvalue weighted by Gasteiger charge is 2.10. The molecule has 0 unspecified atom stereocenters. The van der Waals surface area contributed by atoms with Crippen LogP contribution >= 0.6 is 0 Å². The van der Waals surface area contributed by atoms with Crippen molar-refractivity contribution < 1.29 is 4.74 Å². The van der Waals surface area contributed by atoms with E-state index < -0.39 is 0 Å². The quantitative estimate of drug-likeness (QED) is 0.441. The highest BCUT2D eigenvalue weighted by molar-refractivity contribution is 5.40. The van der Waals surface area contributed by atoms with Crippen molar-refractivity contribution in [1.29, 1.82) is 0 Å². The minimum Gasteiger partial charge on any atom is -0.492 e. The molecule has 0 radical (unpaired) electrons. The first-order valence-electron chi connectivity index (χ1n) is 7.20. The highest BCUT2D eigenvalue weighted by Crippen LogP contribution is 2.21. The van der Waals surface area contributed by atoms with Crippen LogP contribution in [0.2, 0.25) is 0 Å². The number of hydrogen-bond acceptors (Lipinski definition) is 4. The molecule has 0 aliphatic carbocycles. The van der Waals surface area contributed by atoms with Gasteiger partial charge in [-0.1, -0.05) is 20.3 Å². The topological polar surface area (TPSA) is 59.3 Å². The maximum Gasteiger partial charge on any atom is 0.135 e. The Morgan fingerprint density at radius 1 is 1.53 bits per heavy atom. The zero-order chi connectivity index (χ0) is 13.9. The van der Waals surface area contributed by atoms with Gasteiger partial charge in [0.15, 0.2) is 0 Å². The van der Waals surface area contributed by atoms with Crippen molar-refractivity contribution in [2.45, 2.75) is 33.1 Å². The van der Waals surface area contributed by atoms with Gasteiger partial charge in [-0.3, -0.25) is 0 Å². The summed E-state index contributed by atoms with van der Waals surface area (Å²) in [6, 6.07) is 0. The molecule has 1 heterocycles. The van der Waals surface area contributed by atoms with Crippen molar-refractivity contribution in [3.63, 3.8) is 0 Å². The van der Waals surface area contributed by atoms with Gasteiger partial charge in [-0.2, -0.15) is 0 Å². The van der Waals surface area contributed by atoms with Crippen LogP contribution in [0.25, 0.3) is 0 Å². The Morgan fingerprint density at radius 2 is 2.37 bits per heavy atom. The second kappa shape index (κ2) is 9.50. The van der Waals surface area contributed by atoms with E-state index >= 15 is 0 Å². The van der Waals surface area contributed by atoms with E-state index in [1.165, 1.54) is 11.1 Å². The molecule has 0 amide bonds. The van der Waals surface area contributed by atoms with Crippen molar-refractivity contribution in [1.82, 2.24) is 10.6 Å². The Balaban J connectivity index is 2.41. The van der Waals surface area contributed by atoms with E-state index in [0.29, 0.717) is 6.61 Å². The third-order valence-corrected chi connectivity index (χ3v) is 3.00. The summed E-state index contributed by atoms with van der Waals surface area (Å²) in [5, 5.41) is 6.53. The van der Waals surface area contributed by atoms with Gasteiger partial charge in [0, 0.05) is 18.9 Å². The van der Waals surface area contributed by atoms with Crippen molar-refractivity contribution in [2.75, 3.05) is 26.2 Å². The van der Waals surface area contributed by atoms with E-state index in [-0.39, 0.29) is 0 Å². The SMILES string of the molecule is CCCC1=CNC/C1=C\C(=C/N)OCCCNCC. The van der Waals surface area contributed by atoms with Crippen LogP contribution in [-0.2, 0) is 4.74 Å². The maximum atomic E-state index is 5.69. The predicted molar refractivity (Wildman–Crippen MR) is 80.5 cm³/mol. The van der Waals surface area contributed by atoms with Gasteiger partial charge in [0.2, 0.25) is 0 Å². The predicted octanol–water partition coefficient (Wildman–Crippen LogP) is 2.02. The molecule has 0 saturated heterocycles. The lowest BCUT2D eigenvalue weighted by atomic mass is 10.0. The fourth-order valence-corrected chi connectivity index (χ4v) is 2.01. The lowest BCUT2D eigenvalue weighted by Crippen LogP contribution is -2.15. The van der Waals surface area contributed by atoms with Gasteiger partial charge in [0.05, 0.1) is 6.61 Å². The van der Waals surface area contributed by atoms with Gasteiger partial charge in [-0.25, -0.2) is 0 Å². The normalized spacial score (nSPS) is 17.5. The van der Waals surface area contributed by atoms with Crippen molar-refractivity contribution in [3.05, 3.63) is 35.4 Å². The van der Waals surface area contributed by atoms with Crippen molar-refractivity contribution in [3.8, 4) is 0 Å². The van der Waals surface area contributed by atoms with Gasteiger partial charge in [-0.05, 0) is 43.2 Å². The fraction of sp³-hybridized carbons (Fsp3) is 0.600.